The lowest BCUT2D eigenvalue weighted by atomic mass is 10.1. The summed E-state index contributed by atoms with van der Waals surface area (Å²) in [6, 6.07) is 18.3. The number of aromatic amines is 1. The highest BCUT2D eigenvalue weighted by atomic mass is 16.5. The van der Waals surface area contributed by atoms with Crippen LogP contribution in [0.3, 0.4) is 0 Å². The summed E-state index contributed by atoms with van der Waals surface area (Å²) < 4.78 is 5.77. The van der Waals surface area contributed by atoms with Crippen molar-refractivity contribution in [1.82, 2.24) is 15.0 Å². The minimum Gasteiger partial charge on any atom is -0.426 e. The maximum absolute atomic E-state index is 12.2. The molecule has 5 rings (SSSR count). The van der Waals surface area contributed by atoms with Gasteiger partial charge in [0.1, 0.15) is 5.75 Å². The number of ether oxygens (including phenoxy) is 1. The molecular weight excluding hydrogens is 416 g/mol. The molecule has 168 valence electrons. The number of fused-ring (bicyclic) bond motifs is 1. The number of hydrogen-bond donors (Lipinski definition) is 2. The van der Waals surface area contributed by atoms with Crippen LogP contribution >= 0.6 is 0 Å². The van der Waals surface area contributed by atoms with Crippen LogP contribution in [0.25, 0.3) is 10.9 Å². The second-order valence-corrected chi connectivity index (χ2v) is 8.26. The molecule has 3 N–H and O–H groups in total. The zero-order chi connectivity index (χ0) is 22.8. The smallest absolute Gasteiger partial charge is 0.302 e. The number of nitrogens with two attached hydrogens (primary N) is 1. The minimum atomic E-state index is -0.260. The summed E-state index contributed by atoms with van der Waals surface area (Å²) in [5.41, 5.74) is 9.59. The van der Waals surface area contributed by atoms with E-state index in [2.05, 4.69) is 49.0 Å². The Morgan fingerprint density at radius 3 is 2.39 bits per heavy atom. The molecule has 0 unspecified atom stereocenters. The highest BCUT2D eigenvalue weighted by Crippen LogP contribution is 2.29. The third kappa shape index (κ3) is 4.51. The number of hydrogen-bond acceptors (Lipinski definition) is 7. The topological polar surface area (TPSA) is 100 Å². The molecule has 33 heavy (non-hydrogen) atoms. The first-order valence-electron chi connectivity index (χ1n) is 11.0. The van der Waals surface area contributed by atoms with Gasteiger partial charge in [-0.3, -0.25) is 14.8 Å². The van der Waals surface area contributed by atoms with Gasteiger partial charge in [0.05, 0.1) is 17.1 Å². The van der Waals surface area contributed by atoms with E-state index in [1.807, 2.05) is 31.3 Å². The van der Waals surface area contributed by atoms with Crippen LogP contribution in [0.2, 0.25) is 0 Å². The molecule has 0 amide bonds. The third-order valence-corrected chi connectivity index (χ3v) is 6.07. The van der Waals surface area contributed by atoms with Gasteiger partial charge in [-0.2, -0.15) is 4.98 Å². The summed E-state index contributed by atoms with van der Waals surface area (Å²) in [6.07, 6.45) is 5.18. The summed E-state index contributed by atoms with van der Waals surface area (Å²) in [6.45, 7) is 2.01. The van der Waals surface area contributed by atoms with Gasteiger partial charge in [0.2, 0.25) is 0 Å². The van der Waals surface area contributed by atoms with Crippen molar-refractivity contribution in [3.05, 3.63) is 77.3 Å². The normalized spacial score (nSPS) is 14.4. The van der Waals surface area contributed by atoms with Crippen LogP contribution in [0, 0.1) is 0 Å². The Bertz CT molecular complexity index is 1300. The second kappa shape index (κ2) is 8.91. The van der Waals surface area contributed by atoms with Crippen molar-refractivity contribution in [2.45, 2.75) is 18.9 Å². The van der Waals surface area contributed by atoms with Crippen molar-refractivity contribution in [2.75, 3.05) is 29.9 Å². The van der Waals surface area contributed by atoms with E-state index in [9.17, 15) is 4.79 Å². The fourth-order valence-electron chi connectivity index (χ4n) is 4.06. The monoisotopic (exact) mass is 442 g/mol. The Morgan fingerprint density at radius 2 is 1.70 bits per heavy atom. The molecular formula is C25H26N6O2. The highest BCUT2D eigenvalue weighted by Gasteiger charge is 2.16. The van der Waals surface area contributed by atoms with E-state index in [4.69, 9.17) is 10.5 Å². The molecule has 0 saturated carbocycles. The average molecular weight is 443 g/mol. The van der Waals surface area contributed by atoms with Gasteiger partial charge in [0.25, 0.3) is 5.56 Å². The molecule has 1 aliphatic rings. The van der Waals surface area contributed by atoms with Crippen LogP contribution in [0.5, 0.6) is 11.8 Å². The van der Waals surface area contributed by atoms with Crippen LogP contribution in [-0.4, -0.2) is 41.1 Å². The molecule has 3 heterocycles. The lowest BCUT2D eigenvalue weighted by Gasteiger charge is -2.32. The summed E-state index contributed by atoms with van der Waals surface area (Å²) in [7, 11) is 2.03. The number of nitrogens with zero attached hydrogens (tertiary/aromatic N) is 4. The van der Waals surface area contributed by atoms with Crippen LogP contribution in [0.4, 0.5) is 17.1 Å². The SMILES string of the molecule is CN(c1ccc(Oc2nc3cnccc3c(=O)[nH]2)cc1)c1ccc(N2CCC(N)CC2)cc1. The minimum absolute atomic E-state index is 0.135. The number of piperidine rings is 1. The average Bonchev–Trinajstić information content (AvgIpc) is 2.85. The van der Waals surface area contributed by atoms with E-state index in [1.54, 1.807) is 18.5 Å². The van der Waals surface area contributed by atoms with Gasteiger partial charge in [0.15, 0.2) is 0 Å². The van der Waals surface area contributed by atoms with Gasteiger partial charge in [-0.1, -0.05) is 0 Å². The second-order valence-electron chi connectivity index (χ2n) is 8.26. The molecule has 1 aliphatic heterocycles. The summed E-state index contributed by atoms with van der Waals surface area (Å²) >= 11 is 0. The molecule has 8 nitrogen and oxygen atoms in total. The summed E-state index contributed by atoms with van der Waals surface area (Å²) in [5.74, 6) is 0.581. The first-order chi connectivity index (χ1) is 16.1. The molecule has 2 aromatic carbocycles. The predicted octanol–water partition coefficient (Wildman–Crippen LogP) is 3.81. The molecule has 4 aromatic rings. The maximum Gasteiger partial charge on any atom is 0.302 e. The lowest BCUT2D eigenvalue weighted by molar-refractivity contribution is 0.443. The number of nitrogens with one attached hydrogen (secondary N) is 1. The van der Waals surface area contributed by atoms with Crippen molar-refractivity contribution in [3.8, 4) is 11.8 Å². The van der Waals surface area contributed by atoms with Crippen LogP contribution in [0.1, 0.15) is 12.8 Å². The zero-order valence-electron chi connectivity index (χ0n) is 18.4. The Morgan fingerprint density at radius 1 is 1.03 bits per heavy atom. The van der Waals surface area contributed by atoms with Crippen molar-refractivity contribution in [3.63, 3.8) is 0 Å². The van der Waals surface area contributed by atoms with Gasteiger partial charge < -0.3 is 20.3 Å². The standard InChI is InChI=1S/C25H26N6O2/c1-30(18-2-4-20(5-3-18)31-14-11-17(26)12-15-31)19-6-8-21(9-7-19)33-25-28-23-16-27-13-10-22(23)24(32)29-25/h2-10,13,16-17H,11-12,14-15,26H2,1H3,(H,28,29,32). The third-order valence-electron chi connectivity index (χ3n) is 6.07. The number of aromatic nitrogens is 3. The number of anilines is 3. The van der Waals surface area contributed by atoms with Gasteiger partial charge in [0, 0.05) is 49.4 Å². The first kappa shape index (κ1) is 21.0. The van der Waals surface area contributed by atoms with E-state index in [-0.39, 0.29) is 11.6 Å². The molecule has 0 bridgehead atoms. The van der Waals surface area contributed by atoms with E-state index in [1.165, 1.54) is 5.69 Å². The molecule has 1 fully saturated rings. The Balaban J connectivity index is 1.28. The van der Waals surface area contributed by atoms with Crippen LogP contribution < -0.4 is 25.8 Å². The highest BCUT2D eigenvalue weighted by molar-refractivity contribution is 5.76. The molecule has 2 aromatic heterocycles. The Hall–Kier alpha value is -3.91. The Kier molecular flexibility index (Phi) is 5.66. The molecule has 0 atom stereocenters. The first-order valence-corrected chi connectivity index (χ1v) is 11.0. The van der Waals surface area contributed by atoms with Crippen LogP contribution in [-0.2, 0) is 0 Å². The maximum atomic E-state index is 12.2. The van der Waals surface area contributed by atoms with E-state index < -0.39 is 0 Å². The van der Waals surface area contributed by atoms with Gasteiger partial charge in [-0.05, 0) is 67.4 Å². The lowest BCUT2D eigenvalue weighted by Crippen LogP contribution is -2.39. The van der Waals surface area contributed by atoms with Crippen molar-refractivity contribution in [1.29, 1.82) is 0 Å². The number of H-pyrrole nitrogens is 1. The molecule has 0 radical (unpaired) electrons. The molecule has 1 saturated heterocycles. The number of pyridine rings is 1. The van der Waals surface area contributed by atoms with Crippen molar-refractivity contribution >= 4 is 28.0 Å². The van der Waals surface area contributed by atoms with Gasteiger partial charge in [-0.15, -0.1) is 0 Å². The quantitative estimate of drug-likeness (QED) is 0.485. The van der Waals surface area contributed by atoms with E-state index in [0.29, 0.717) is 22.7 Å². The van der Waals surface area contributed by atoms with Crippen molar-refractivity contribution < 1.29 is 4.74 Å². The summed E-state index contributed by atoms with van der Waals surface area (Å²) in [4.78, 5) is 27.7. The molecule has 0 aliphatic carbocycles. The fourth-order valence-corrected chi connectivity index (χ4v) is 4.06. The van der Waals surface area contributed by atoms with Gasteiger partial charge in [-0.25, -0.2) is 0 Å². The van der Waals surface area contributed by atoms with E-state index in [0.717, 1.165) is 37.3 Å². The number of benzene rings is 2. The van der Waals surface area contributed by atoms with Crippen LogP contribution in [0.15, 0.2) is 71.8 Å². The van der Waals surface area contributed by atoms with Gasteiger partial charge >= 0.3 is 6.01 Å². The number of rotatable bonds is 5. The van der Waals surface area contributed by atoms with Crippen molar-refractivity contribution in [2.24, 2.45) is 5.73 Å². The molecule has 0 spiro atoms. The molecule has 8 heteroatoms. The Labute approximate surface area is 191 Å². The fraction of sp³-hybridized carbons (Fsp3) is 0.240. The predicted molar refractivity (Wildman–Crippen MR) is 131 cm³/mol. The summed E-state index contributed by atoms with van der Waals surface area (Å²) in [5, 5.41) is 0.476. The van der Waals surface area contributed by atoms with E-state index >= 15 is 0 Å². The largest absolute Gasteiger partial charge is 0.426 e. The zero-order valence-corrected chi connectivity index (χ0v) is 18.4.